The lowest BCUT2D eigenvalue weighted by molar-refractivity contribution is -0.130. The zero-order chi connectivity index (χ0) is 14.4. The number of amides is 1. The van der Waals surface area contributed by atoms with Crippen LogP contribution in [-0.4, -0.2) is 37.6 Å². The molecule has 0 bridgehead atoms. The van der Waals surface area contributed by atoms with Gasteiger partial charge in [-0.05, 0) is 37.7 Å². The Morgan fingerprint density at radius 3 is 2.80 bits per heavy atom. The summed E-state index contributed by atoms with van der Waals surface area (Å²) in [6.07, 6.45) is 3.59. The Balaban J connectivity index is 1.76. The number of rotatable bonds is 5. The third-order valence-corrected chi connectivity index (χ3v) is 4.01. The summed E-state index contributed by atoms with van der Waals surface area (Å²) >= 11 is 0. The molecule has 0 spiro atoms. The molecular weight excluding hydrogens is 250 g/mol. The molecule has 20 heavy (non-hydrogen) atoms. The Hall–Kier alpha value is -1.35. The first-order valence-electron chi connectivity index (χ1n) is 7.52. The highest BCUT2D eigenvalue weighted by molar-refractivity contribution is 5.76. The number of hydrogen-bond donors (Lipinski definition) is 0. The zero-order valence-corrected chi connectivity index (χ0v) is 12.6. The van der Waals surface area contributed by atoms with Crippen molar-refractivity contribution in [3.63, 3.8) is 0 Å². The minimum Gasteiger partial charge on any atom is -0.381 e. The van der Waals surface area contributed by atoms with E-state index in [9.17, 15) is 4.79 Å². The first-order chi connectivity index (χ1) is 9.65. The molecule has 0 radical (unpaired) electrons. The van der Waals surface area contributed by atoms with Gasteiger partial charge in [0.25, 0.3) is 0 Å². The van der Waals surface area contributed by atoms with E-state index in [4.69, 9.17) is 4.74 Å². The first kappa shape index (κ1) is 15.0. The largest absolute Gasteiger partial charge is 0.381 e. The summed E-state index contributed by atoms with van der Waals surface area (Å²) in [5, 5.41) is 0. The van der Waals surface area contributed by atoms with Crippen LogP contribution in [0.3, 0.4) is 0 Å². The van der Waals surface area contributed by atoms with E-state index in [0.717, 1.165) is 39.0 Å². The standard InChI is InChI=1S/C17H25NO2/c1-14-4-3-5-15(12-14)6-7-17(19)18(2)13-16-8-10-20-11-9-16/h3-5,12,16H,6-11,13H2,1-2H3. The van der Waals surface area contributed by atoms with Gasteiger partial charge in [-0.3, -0.25) is 4.79 Å². The maximum absolute atomic E-state index is 12.2. The molecular formula is C17H25NO2. The molecule has 1 aromatic rings. The quantitative estimate of drug-likeness (QED) is 0.827. The van der Waals surface area contributed by atoms with Gasteiger partial charge in [0.1, 0.15) is 0 Å². The Labute approximate surface area is 121 Å². The molecule has 1 aromatic carbocycles. The average molecular weight is 275 g/mol. The lowest BCUT2D eigenvalue weighted by Gasteiger charge is -2.27. The molecule has 110 valence electrons. The maximum Gasteiger partial charge on any atom is 0.222 e. The van der Waals surface area contributed by atoms with Crippen LogP contribution in [0.4, 0.5) is 0 Å². The second-order valence-corrected chi connectivity index (χ2v) is 5.82. The molecule has 2 rings (SSSR count). The van der Waals surface area contributed by atoms with Crippen LogP contribution in [0.25, 0.3) is 0 Å². The Kier molecular flexibility index (Phi) is 5.60. The minimum atomic E-state index is 0.248. The van der Waals surface area contributed by atoms with E-state index in [2.05, 4.69) is 31.2 Å². The van der Waals surface area contributed by atoms with E-state index < -0.39 is 0 Å². The minimum absolute atomic E-state index is 0.248. The van der Waals surface area contributed by atoms with Crippen molar-refractivity contribution in [3.8, 4) is 0 Å². The van der Waals surface area contributed by atoms with Crippen molar-refractivity contribution >= 4 is 5.91 Å². The van der Waals surface area contributed by atoms with Gasteiger partial charge in [-0.15, -0.1) is 0 Å². The molecule has 1 heterocycles. The van der Waals surface area contributed by atoms with E-state index in [1.165, 1.54) is 11.1 Å². The summed E-state index contributed by atoms with van der Waals surface area (Å²) < 4.78 is 5.35. The van der Waals surface area contributed by atoms with Gasteiger partial charge in [-0.1, -0.05) is 29.8 Å². The summed E-state index contributed by atoms with van der Waals surface area (Å²) in [5.74, 6) is 0.856. The van der Waals surface area contributed by atoms with Gasteiger partial charge in [0.2, 0.25) is 5.91 Å². The van der Waals surface area contributed by atoms with Crippen LogP contribution in [0, 0.1) is 12.8 Å². The van der Waals surface area contributed by atoms with Crippen LogP contribution in [0.5, 0.6) is 0 Å². The van der Waals surface area contributed by atoms with E-state index >= 15 is 0 Å². The predicted molar refractivity (Wildman–Crippen MR) is 80.7 cm³/mol. The van der Waals surface area contributed by atoms with Gasteiger partial charge in [0, 0.05) is 33.2 Å². The van der Waals surface area contributed by atoms with Crippen molar-refractivity contribution in [3.05, 3.63) is 35.4 Å². The van der Waals surface area contributed by atoms with E-state index in [-0.39, 0.29) is 5.91 Å². The fourth-order valence-corrected chi connectivity index (χ4v) is 2.73. The molecule has 3 nitrogen and oxygen atoms in total. The molecule has 0 atom stereocenters. The van der Waals surface area contributed by atoms with Crippen molar-refractivity contribution in [2.24, 2.45) is 5.92 Å². The van der Waals surface area contributed by atoms with Gasteiger partial charge in [0.15, 0.2) is 0 Å². The zero-order valence-electron chi connectivity index (χ0n) is 12.6. The van der Waals surface area contributed by atoms with Crippen LogP contribution < -0.4 is 0 Å². The van der Waals surface area contributed by atoms with Gasteiger partial charge >= 0.3 is 0 Å². The third kappa shape index (κ3) is 4.64. The van der Waals surface area contributed by atoms with Crippen LogP contribution in [0.2, 0.25) is 0 Å². The molecule has 1 fully saturated rings. The van der Waals surface area contributed by atoms with Crippen LogP contribution in [-0.2, 0) is 16.0 Å². The molecule has 0 saturated carbocycles. The first-order valence-corrected chi connectivity index (χ1v) is 7.52. The van der Waals surface area contributed by atoms with Crippen LogP contribution in [0.1, 0.15) is 30.4 Å². The molecule has 0 aromatic heterocycles. The number of aryl methyl sites for hydroxylation is 2. The van der Waals surface area contributed by atoms with Gasteiger partial charge in [-0.25, -0.2) is 0 Å². The molecule has 0 aliphatic carbocycles. The molecule has 0 unspecified atom stereocenters. The topological polar surface area (TPSA) is 29.5 Å². The summed E-state index contributed by atoms with van der Waals surface area (Å²) in [7, 11) is 1.92. The monoisotopic (exact) mass is 275 g/mol. The molecule has 3 heteroatoms. The lowest BCUT2D eigenvalue weighted by atomic mass is 9.99. The van der Waals surface area contributed by atoms with Gasteiger partial charge in [-0.2, -0.15) is 0 Å². The van der Waals surface area contributed by atoms with Crippen molar-refractivity contribution in [1.29, 1.82) is 0 Å². The van der Waals surface area contributed by atoms with Gasteiger partial charge < -0.3 is 9.64 Å². The Morgan fingerprint density at radius 1 is 1.35 bits per heavy atom. The van der Waals surface area contributed by atoms with Gasteiger partial charge in [0.05, 0.1) is 0 Å². The van der Waals surface area contributed by atoms with Crippen molar-refractivity contribution < 1.29 is 9.53 Å². The lowest BCUT2D eigenvalue weighted by Crippen LogP contribution is -2.34. The number of hydrogen-bond acceptors (Lipinski definition) is 2. The summed E-state index contributed by atoms with van der Waals surface area (Å²) in [5.41, 5.74) is 2.50. The number of carbonyl (C=O) groups excluding carboxylic acids is 1. The molecule has 1 aliphatic heterocycles. The second kappa shape index (κ2) is 7.44. The fourth-order valence-electron chi connectivity index (χ4n) is 2.73. The number of nitrogens with zero attached hydrogens (tertiary/aromatic N) is 1. The smallest absolute Gasteiger partial charge is 0.222 e. The van der Waals surface area contributed by atoms with Crippen molar-refractivity contribution in [2.45, 2.75) is 32.6 Å². The molecule has 1 saturated heterocycles. The predicted octanol–water partition coefficient (Wildman–Crippen LogP) is 2.81. The van der Waals surface area contributed by atoms with E-state index in [1.54, 1.807) is 0 Å². The summed E-state index contributed by atoms with van der Waals surface area (Å²) in [4.78, 5) is 14.1. The van der Waals surface area contributed by atoms with E-state index in [0.29, 0.717) is 12.3 Å². The molecule has 0 N–H and O–H groups in total. The SMILES string of the molecule is Cc1cccc(CCC(=O)N(C)CC2CCOCC2)c1. The highest BCUT2D eigenvalue weighted by atomic mass is 16.5. The maximum atomic E-state index is 12.2. The number of benzene rings is 1. The fraction of sp³-hybridized carbons (Fsp3) is 0.588. The molecule has 1 aliphatic rings. The number of ether oxygens (including phenoxy) is 1. The van der Waals surface area contributed by atoms with E-state index in [1.807, 2.05) is 11.9 Å². The van der Waals surface area contributed by atoms with Crippen LogP contribution in [0.15, 0.2) is 24.3 Å². The average Bonchev–Trinajstić information content (AvgIpc) is 2.46. The Morgan fingerprint density at radius 2 is 2.10 bits per heavy atom. The van der Waals surface area contributed by atoms with Crippen LogP contribution >= 0.6 is 0 Å². The Bertz CT molecular complexity index is 438. The highest BCUT2D eigenvalue weighted by Crippen LogP contribution is 2.16. The second-order valence-electron chi connectivity index (χ2n) is 5.82. The molecule has 1 amide bonds. The highest BCUT2D eigenvalue weighted by Gasteiger charge is 2.18. The normalized spacial score (nSPS) is 16.1. The number of carbonyl (C=O) groups is 1. The summed E-state index contributed by atoms with van der Waals surface area (Å²) in [6, 6.07) is 8.40. The summed E-state index contributed by atoms with van der Waals surface area (Å²) in [6.45, 7) is 4.64. The van der Waals surface area contributed by atoms with Crippen molar-refractivity contribution in [2.75, 3.05) is 26.8 Å². The van der Waals surface area contributed by atoms with Crippen molar-refractivity contribution in [1.82, 2.24) is 4.90 Å². The third-order valence-electron chi connectivity index (χ3n) is 4.01.